The molecular weight excluding hydrogens is 318 g/mol. The Bertz CT molecular complexity index is 800. The van der Waals surface area contributed by atoms with Gasteiger partial charge in [0.15, 0.2) is 0 Å². The van der Waals surface area contributed by atoms with Crippen molar-refractivity contribution < 1.29 is 18.3 Å². The molecule has 9 heteroatoms. The van der Waals surface area contributed by atoms with E-state index < -0.39 is 22.5 Å². The van der Waals surface area contributed by atoms with Crippen molar-refractivity contribution in [2.24, 2.45) is 0 Å². The Morgan fingerprint density at radius 3 is 2.90 bits per heavy atom. The van der Waals surface area contributed by atoms with Crippen LogP contribution in [0.5, 0.6) is 0 Å². The SMILES string of the molecule is C=CCN(CC(=O)O)S(=O)(=O)c1c[nH]c2nccc(Cl)c12. The summed E-state index contributed by atoms with van der Waals surface area (Å²) < 4.78 is 26.0. The lowest BCUT2D eigenvalue weighted by molar-refractivity contribution is -0.137. The van der Waals surface area contributed by atoms with Gasteiger partial charge in [-0.05, 0) is 6.07 Å². The van der Waals surface area contributed by atoms with Crippen LogP contribution < -0.4 is 0 Å². The van der Waals surface area contributed by atoms with Crippen LogP contribution in [0.3, 0.4) is 0 Å². The number of fused-ring (bicyclic) bond motifs is 1. The smallest absolute Gasteiger partial charge is 0.318 e. The zero-order valence-corrected chi connectivity index (χ0v) is 12.4. The van der Waals surface area contributed by atoms with Crippen molar-refractivity contribution in [3.63, 3.8) is 0 Å². The van der Waals surface area contributed by atoms with Gasteiger partial charge in [-0.1, -0.05) is 17.7 Å². The molecule has 0 aliphatic rings. The molecule has 0 amide bonds. The lowest BCUT2D eigenvalue weighted by Crippen LogP contribution is -2.35. The van der Waals surface area contributed by atoms with Crippen molar-refractivity contribution in [1.29, 1.82) is 0 Å². The molecule has 7 nitrogen and oxygen atoms in total. The maximum atomic E-state index is 12.6. The van der Waals surface area contributed by atoms with E-state index in [0.717, 1.165) is 4.31 Å². The van der Waals surface area contributed by atoms with Gasteiger partial charge in [-0.25, -0.2) is 13.4 Å². The summed E-state index contributed by atoms with van der Waals surface area (Å²) in [7, 11) is -4.04. The second-order valence-corrected chi connectivity index (χ2v) is 6.46. The van der Waals surface area contributed by atoms with Crippen LogP contribution >= 0.6 is 11.6 Å². The maximum absolute atomic E-state index is 12.6. The molecular formula is C12H12ClN3O4S. The predicted molar refractivity (Wildman–Crippen MR) is 77.7 cm³/mol. The Labute approximate surface area is 125 Å². The molecule has 2 rings (SSSR count). The van der Waals surface area contributed by atoms with Crippen molar-refractivity contribution >= 4 is 38.6 Å². The lowest BCUT2D eigenvalue weighted by Gasteiger charge is -2.18. The first-order valence-corrected chi connectivity index (χ1v) is 7.64. The highest BCUT2D eigenvalue weighted by atomic mass is 35.5. The fraction of sp³-hybridized carbons (Fsp3) is 0.167. The minimum atomic E-state index is -4.04. The molecule has 0 saturated carbocycles. The topological polar surface area (TPSA) is 103 Å². The summed E-state index contributed by atoms with van der Waals surface area (Å²) in [6.07, 6.45) is 4.00. The number of hydrogen-bond donors (Lipinski definition) is 2. The standard InChI is InChI=1S/C12H12ClN3O4S/c1-2-5-16(7-10(17)18)21(19,20)9-6-15-12-11(9)8(13)3-4-14-12/h2-4,6H,1,5,7H2,(H,14,15)(H,17,18). The van der Waals surface area contributed by atoms with Crippen LogP contribution in [0, 0.1) is 0 Å². The number of sulfonamides is 1. The average Bonchev–Trinajstić information content (AvgIpc) is 2.83. The Morgan fingerprint density at radius 2 is 2.29 bits per heavy atom. The molecule has 0 aliphatic carbocycles. The van der Waals surface area contributed by atoms with Crippen LogP contribution in [0.2, 0.25) is 5.02 Å². The number of aliphatic carboxylic acids is 1. The maximum Gasteiger partial charge on any atom is 0.318 e. The van der Waals surface area contributed by atoms with E-state index in [0.29, 0.717) is 5.65 Å². The third-order valence-corrected chi connectivity index (χ3v) is 4.90. The molecule has 0 aliphatic heterocycles. The van der Waals surface area contributed by atoms with Gasteiger partial charge < -0.3 is 10.1 Å². The first-order chi connectivity index (χ1) is 9.87. The number of H-pyrrole nitrogens is 1. The average molecular weight is 330 g/mol. The highest BCUT2D eigenvalue weighted by molar-refractivity contribution is 7.89. The van der Waals surface area contributed by atoms with E-state index in [4.69, 9.17) is 16.7 Å². The molecule has 2 heterocycles. The largest absolute Gasteiger partial charge is 0.480 e. The number of rotatable bonds is 6. The summed E-state index contributed by atoms with van der Waals surface area (Å²) in [5.41, 5.74) is 0.315. The van der Waals surface area contributed by atoms with Crippen molar-refractivity contribution in [2.75, 3.05) is 13.1 Å². The third-order valence-electron chi connectivity index (χ3n) is 2.75. The fourth-order valence-corrected chi connectivity index (χ4v) is 3.71. The molecule has 2 N–H and O–H groups in total. The van der Waals surface area contributed by atoms with E-state index in [9.17, 15) is 13.2 Å². The van der Waals surface area contributed by atoms with E-state index in [-0.39, 0.29) is 21.8 Å². The van der Waals surface area contributed by atoms with Gasteiger partial charge in [0, 0.05) is 18.9 Å². The van der Waals surface area contributed by atoms with Crippen LogP contribution in [-0.4, -0.2) is 46.9 Å². The van der Waals surface area contributed by atoms with Gasteiger partial charge in [0.25, 0.3) is 0 Å². The minimum absolute atomic E-state index is 0.112. The number of halogens is 1. The molecule has 0 spiro atoms. The monoisotopic (exact) mass is 329 g/mol. The van der Waals surface area contributed by atoms with Crippen LogP contribution in [0.4, 0.5) is 0 Å². The van der Waals surface area contributed by atoms with Gasteiger partial charge >= 0.3 is 5.97 Å². The fourth-order valence-electron chi connectivity index (χ4n) is 1.87. The van der Waals surface area contributed by atoms with Crippen LogP contribution in [-0.2, 0) is 14.8 Å². The second kappa shape index (κ2) is 5.84. The Kier molecular flexibility index (Phi) is 4.31. The van der Waals surface area contributed by atoms with Crippen molar-refractivity contribution in [3.05, 3.63) is 36.1 Å². The normalized spacial score (nSPS) is 11.9. The molecule has 0 bridgehead atoms. The first-order valence-electron chi connectivity index (χ1n) is 5.82. The molecule has 0 saturated heterocycles. The highest BCUT2D eigenvalue weighted by Crippen LogP contribution is 2.30. The van der Waals surface area contributed by atoms with E-state index in [1.807, 2.05) is 0 Å². The molecule has 21 heavy (non-hydrogen) atoms. The number of pyridine rings is 1. The predicted octanol–water partition coefficient (Wildman–Crippen LogP) is 1.48. The van der Waals surface area contributed by atoms with E-state index >= 15 is 0 Å². The molecule has 0 aromatic carbocycles. The number of hydrogen-bond acceptors (Lipinski definition) is 4. The first kappa shape index (κ1) is 15.5. The van der Waals surface area contributed by atoms with Gasteiger partial charge in [-0.15, -0.1) is 6.58 Å². The number of nitrogens with one attached hydrogen (secondary N) is 1. The number of aromatic amines is 1. The molecule has 0 unspecified atom stereocenters. The van der Waals surface area contributed by atoms with Gasteiger partial charge in [0.1, 0.15) is 17.1 Å². The molecule has 2 aromatic heterocycles. The Hall–Kier alpha value is -1.90. The molecule has 0 radical (unpaired) electrons. The number of carboxylic acids is 1. The lowest BCUT2D eigenvalue weighted by atomic mass is 10.3. The number of aromatic nitrogens is 2. The Morgan fingerprint density at radius 1 is 1.57 bits per heavy atom. The van der Waals surface area contributed by atoms with Crippen LogP contribution in [0.25, 0.3) is 11.0 Å². The van der Waals surface area contributed by atoms with Gasteiger partial charge in [0.2, 0.25) is 10.0 Å². The molecule has 2 aromatic rings. The minimum Gasteiger partial charge on any atom is -0.480 e. The summed E-state index contributed by atoms with van der Waals surface area (Å²) in [6.45, 7) is 2.64. The molecule has 0 atom stereocenters. The van der Waals surface area contributed by atoms with Crippen molar-refractivity contribution in [3.8, 4) is 0 Å². The van der Waals surface area contributed by atoms with Crippen molar-refractivity contribution in [1.82, 2.24) is 14.3 Å². The van der Waals surface area contributed by atoms with Crippen LogP contribution in [0.1, 0.15) is 0 Å². The number of carboxylic acid groups (broad SMARTS) is 1. The molecule has 112 valence electrons. The Balaban J connectivity index is 2.59. The van der Waals surface area contributed by atoms with E-state index in [1.165, 1.54) is 24.5 Å². The number of nitrogens with zero attached hydrogens (tertiary/aromatic N) is 2. The summed E-state index contributed by atoms with van der Waals surface area (Å²) in [5, 5.41) is 9.30. The van der Waals surface area contributed by atoms with Crippen LogP contribution in [0.15, 0.2) is 36.0 Å². The third kappa shape index (κ3) is 2.92. The van der Waals surface area contributed by atoms with E-state index in [2.05, 4.69) is 16.5 Å². The number of carbonyl (C=O) groups is 1. The van der Waals surface area contributed by atoms with Gasteiger partial charge in [-0.3, -0.25) is 4.79 Å². The van der Waals surface area contributed by atoms with E-state index in [1.54, 1.807) is 0 Å². The quantitative estimate of drug-likeness (QED) is 0.781. The summed E-state index contributed by atoms with van der Waals surface area (Å²) in [4.78, 5) is 17.4. The highest BCUT2D eigenvalue weighted by Gasteiger charge is 2.29. The summed E-state index contributed by atoms with van der Waals surface area (Å²) in [6, 6.07) is 1.46. The van der Waals surface area contributed by atoms with Gasteiger partial charge in [-0.2, -0.15) is 4.31 Å². The summed E-state index contributed by atoms with van der Waals surface area (Å²) in [5.74, 6) is -1.26. The molecule has 0 fully saturated rings. The summed E-state index contributed by atoms with van der Waals surface area (Å²) >= 11 is 6.02. The zero-order chi connectivity index (χ0) is 15.6. The second-order valence-electron chi connectivity index (χ2n) is 4.15. The zero-order valence-electron chi connectivity index (χ0n) is 10.8. The van der Waals surface area contributed by atoms with Gasteiger partial charge in [0.05, 0.1) is 10.4 Å². The van der Waals surface area contributed by atoms with Crippen molar-refractivity contribution in [2.45, 2.75) is 4.90 Å².